The Bertz CT molecular complexity index is 1110. The predicted molar refractivity (Wildman–Crippen MR) is 95.5 cm³/mol. The highest BCUT2D eigenvalue weighted by Gasteiger charge is 2.31. The molecule has 0 fully saturated rings. The first-order valence-corrected chi connectivity index (χ1v) is 8.33. The molecule has 29 heavy (non-hydrogen) atoms. The van der Waals surface area contributed by atoms with Gasteiger partial charge in [0, 0.05) is 14.0 Å². The number of nitrogens with zero attached hydrogens (tertiary/aromatic N) is 2. The summed E-state index contributed by atoms with van der Waals surface area (Å²) in [6.07, 6.45) is -4.49. The second kappa shape index (κ2) is 7.53. The van der Waals surface area contributed by atoms with Crippen LogP contribution in [-0.2, 0) is 29.4 Å². The number of aryl methyl sites for hydroxylation is 1. The van der Waals surface area contributed by atoms with Crippen molar-refractivity contribution in [1.29, 1.82) is 0 Å². The van der Waals surface area contributed by atoms with Crippen LogP contribution in [0.5, 0.6) is 0 Å². The van der Waals surface area contributed by atoms with Crippen LogP contribution in [0, 0.1) is 5.82 Å². The van der Waals surface area contributed by atoms with Crippen LogP contribution >= 0.6 is 0 Å². The van der Waals surface area contributed by atoms with Crippen LogP contribution in [0.1, 0.15) is 28.7 Å². The standard InChI is InChI=1S/C19H15F4N3O3/c1-10(27)24-14-7-11(3-5-13(14)20)18(28)29-9-17-25-15-8-12(19(21,22)23)4-6-16(15)26(17)2/h3-8H,9H2,1-2H3,(H,24,27). The van der Waals surface area contributed by atoms with Crippen LogP contribution in [0.3, 0.4) is 0 Å². The summed E-state index contributed by atoms with van der Waals surface area (Å²) in [5.41, 5.74) is -0.451. The molecule has 10 heteroatoms. The Hall–Kier alpha value is -3.43. The predicted octanol–water partition coefficient (Wildman–Crippen LogP) is 4.05. The lowest BCUT2D eigenvalue weighted by molar-refractivity contribution is -0.137. The van der Waals surface area contributed by atoms with E-state index in [0.717, 1.165) is 24.3 Å². The lowest BCUT2D eigenvalue weighted by Crippen LogP contribution is -2.11. The van der Waals surface area contributed by atoms with Crippen LogP contribution in [0.15, 0.2) is 36.4 Å². The van der Waals surface area contributed by atoms with E-state index in [4.69, 9.17) is 4.74 Å². The second-order valence-corrected chi connectivity index (χ2v) is 6.24. The minimum atomic E-state index is -4.49. The normalized spacial score (nSPS) is 11.5. The molecule has 0 aliphatic heterocycles. The van der Waals surface area contributed by atoms with Gasteiger partial charge in [-0.15, -0.1) is 0 Å². The summed E-state index contributed by atoms with van der Waals surface area (Å²) in [4.78, 5) is 27.4. The molecule has 6 nitrogen and oxygen atoms in total. The van der Waals surface area contributed by atoms with Crippen molar-refractivity contribution in [2.45, 2.75) is 19.7 Å². The number of aromatic nitrogens is 2. The molecule has 2 aromatic carbocycles. The minimum absolute atomic E-state index is 0.00623. The van der Waals surface area contributed by atoms with Gasteiger partial charge in [0.15, 0.2) is 0 Å². The third-order valence-corrected chi connectivity index (χ3v) is 4.15. The smallest absolute Gasteiger partial charge is 0.416 e. The Labute approximate surface area is 162 Å². The Balaban J connectivity index is 1.79. The fourth-order valence-electron chi connectivity index (χ4n) is 2.71. The molecule has 152 valence electrons. The molecule has 1 aromatic heterocycles. The molecule has 0 radical (unpaired) electrons. The number of hydrogen-bond acceptors (Lipinski definition) is 4. The molecule has 3 aromatic rings. The van der Waals surface area contributed by atoms with Crippen molar-refractivity contribution in [3.05, 3.63) is 59.2 Å². The quantitative estimate of drug-likeness (QED) is 0.521. The molecule has 1 heterocycles. The SMILES string of the molecule is CC(=O)Nc1cc(C(=O)OCc2nc3cc(C(F)(F)F)ccc3n2C)ccc1F. The Morgan fingerprint density at radius 3 is 2.55 bits per heavy atom. The first-order chi connectivity index (χ1) is 13.6. The van der Waals surface area contributed by atoms with E-state index in [0.29, 0.717) is 5.52 Å². The molecule has 3 rings (SSSR count). The Morgan fingerprint density at radius 2 is 1.90 bits per heavy atom. The van der Waals surface area contributed by atoms with Gasteiger partial charge in [0.05, 0.1) is 27.8 Å². The zero-order valence-electron chi connectivity index (χ0n) is 15.3. The lowest BCUT2D eigenvalue weighted by Gasteiger charge is -2.08. The van der Waals surface area contributed by atoms with Crippen LogP contribution < -0.4 is 5.32 Å². The summed E-state index contributed by atoms with van der Waals surface area (Å²) in [6, 6.07) is 6.48. The molecule has 0 saturated heterocycles. The summed E-state index contributed by atoms with van der Waals surface area (Å²) in [6.45, 7) is 0.887. The number of esters is 1. The van der Waals surface area contributed by atoms with Crippen molar-refractivity contribution in [1.82, 2.24) is 9.55 Å². The van der Waals surface area contributed by atoms with Crippen LogP contribution in [0.25, 0.3) is 11.0 Å². The van der Waals surface area contributed by atoms with Gasteiger partial charge in [-0.05, 0) is 36.4 Å². The van der Waals surface area contributed by atoms with Gasteiger partial charge in [-0.25, -0.2) is 14.2 Å². The van der Waals surface area contributed by atoms with E-state index in [1.807, 2.05) is 0 Å². The number of carbonyl (C=O) groups excluding carboxylic acids is 2. The molecule has 1 amide bonds. The van der Waals surface area contributed by atoms with Crippen molar-refractivity contribution >= 4 is 28.6 Å². The van der Waals surface area contributed by atoms with E-state index in [9.17, 15) is 27.2 Å². The monoisotopic (exact) mass is 409 g/mol. The number of nitrogens with one attached hydrogen (secondary N) is 1. The van der Waals surface area contributed by atoms with E-state index >= 15 is 0 Å². The summed E-state index contributed by atoms with van der Waals surface area (Å²) in [5, 5.41) is 2.26. The number of ether oxygens (including phenoxy) is 1. The van der Waals surface area contributed by atoms with Crippen molar-refractivity contribution in [3.63, 3.8) is 0 Å². The van der Waals surface area contributed by atoms with Gasteiger partial charge in [0.2, 0.25) is 5.91 Å². The minimum Gasteiger partial charge on any atom is -0.454 e. The van der Waals surface area contributed by atoms with Gasteiger partial charge < -0.3 is 14.6 Å². The number of imidazole rings is 1. The molecule has 0 bridgehead atoms. The largest absolute Gasteiger partial charge is 0.454 e. The summed E-state index contributed by atoms with van der Waals surface area (Å²) >= 11 is 0. The van der Waals surface area contributed by atoms with E-state index in [2.05, 4.69) is 10.3 Å². The number of benzene rings is 2. The van der Waals surface area contributed by atoms with Gasteiger partial charge in [-0.2, -0.15) is 13.2 Å². The van der Waals surface area contributed by atoms with Gasteiger partial charge in [-0.1, -0.05) is 0 Å². The molecule has 1 N–H and O–H groups in total. The molecule has 0 aliphatic carbocycles. The van der Waals surface area contributed by atoms with Crippen molar-refractivity contribution in [3.8, 4) is 0 Å². The number of amides is 1. The van der Waals surface area contributed by atoms with Crippen LogP contribution in [0.4, 0.5) is 23.2 Å². The molecular weight excluding hydrogens is 394 g/mol. The fourth-order valence-corrected chi connectivity index (χ4v) is 2.71. The van der Waals surface area contributed by atoms with E-state index < -0.39 is 29.4 Å². The number of fused-ring (bicyclic) bond motifs is 1. The number of hydrogen-bond donors (Lipinski definition) is 1. The number of alkyl halides is 3. The maximum Gasteiger partial charge on any atom is 0.416 e. The van der Waals surface area contributed by atoms with E-state index in [-0.39, 0.29) is 29.2 Å². The fraction of sp³-hybridized carbons (Fsp3) is 0.211. The maximum atomic E-state index is 13.7. The van der Waals surface area contributed by atoms with Crippen molar-refractivity contribution in [2.75, 3.05) is 5.32 Å². The Morgan fingerprint density at radius 1 is 1.17 bits per heavy atom. The first-order valence-electron chi connectivity index (χ1n) is 8.33. The van der Waals surface area contributed by atoms with Crippen LogP contribution in [-0.4, -0.2) is 21.4 Å². The summed E-state index contributed by atoms with van der Waals surface area (Å²) in [7, 11) is 1.58. The van der Waals surface area contributed by atoms with Crippen LogP contribution in [0.2, 0.25) is 0 Å². The highest BCUT2D eigenvalue weighted by molar-refractivity contribution is 5.93. The van der Waals surface area contributed by atoms with Crippen molar-refractivity contribution in [2.24, 2.45) is 7.05 Å². The zero-order valence-corrected chi connectivity index (χ0v) is 15.3. The zero-order chi connectivity index (χ0) is 21.3. The molecule has 0 aliphatic rings. The second-order valence-electron chi connectivity index (χ2n) is 6.24. The molecule has 0 spiro atoms. The number of carbonyl (C=O) groups is 2. The van der Waals surface area contributed by atoms with Gasteiger partial charge in [0.1, 0.15) is 18.2 Å². The highest BCUT2D eigenvalue weighted by atomic mass is 19.4. The maximum absolute atomic E-state index is 13.7. The summed E-state index contributed by atoms with van der Waals surface area (Å²) in [5.74, 6) is -1.79. The van der Waals surface area contributed by atoms with E-state index in [1.54, 1.807) is 7.05 Å². The molecule has 0 unspecified atom stereocenters. The number of anilines is 1. The molecular formula is C19H15F4N3O3. The van der Waals surface area contributed by atoms with Gasteiger partial charge in [-0.3, -0.25) is 4.79 Å². The molecule has 0 saturated carbocycles. The summed E-state index contributed by atoms with van der Waals surface area (Å²) < 4.78 is 58.9. The first kappa shape index (κ1) is 20.3. The number of halogens is 4. The van der Waals surface area contributed by atoms with Crippen molar-refractivity contribution < 1.29 is 31.9 Å². The van der Waals surface area contributed by atoms with Gasteiger partial charge in [0.25, 0.3) is 0 Å². The molecule has 0 atom stereocenters. The topological polar surface area (TPSA) is 73.2 Å². The average molecular weight is 409 g/mol. The van der Waals surface area contributed by atoms with Gasteiger partial charge >= 0.3 is 12.1 Å². The average Bonchev–Trinajstić information content (AvgIpc) is 2.96. The lowest BCUT2D eigenvalue weighted by atomic mass is 10.2. The third-order valence-electron chi connectivity index (χ3n) is 4.15. The highest BCUT2D eigenvalue weighted by Crippen LogP contribution is 2.31. The third kappa shape index (κ3) is 4.36. The Kier molecular flexibility index (Phi) is 5.27. The number of rotatable bonds is 4. The van der Waals surface area contributed by atoms with E-state index in [1.165, 1.54) is 23.6 Å².